The summed E-state index contributed by atoms with van der Waals surface area (Å²) in [6, 6.07) is -0.0336. The number of aryl methyl sites for hydroxylation is 1. The number of nitrogens with one attached hydrogen (secondary N) is 2. The van der Waals surface area contributed by atoms with Gasteiger partial charge in [0.15, 0.2) is 0 Å². The van der Waals surface area contributed by atoms with Gasteiger partial charge in [-0.1, -0.05) is 0 Å². The molecule has 0 amide bonds. The first kappa shape index (κ1) is 19.7. The zero-order valence-corrected chi connectivity index (χ0v) is 17.0. The summed E-state index contributed by atoms with van der Waals surface area (Å²) < 4.78 is 22.9. The van der Waals surface area contributed by atoms with Crippen LogP contribution in [0.15, 0.2) is 9.59 Å². The van der Waals surface area contributed by atoms with Gasteiger partial charge in [0.25, 0.3) is 5.56 Å². The lowest BCUT2D eigenvalue weighted by molar-refractivity contribution is 0.0319. The van der Waals surface area contributed by atoms with Gasteiger partial charge in [-0.15, -0.1) is 0 Å². The smallest absolute Gasteiger partial charge is 0.329 e. The largest absolute Gasteiger partial charge is 0.494 e. The number of aromatic amines is 1. The van der Waals surface area contributed by atoms with Crippen LogP contribution in [0.25, 0.3) is 10.9 Å². The number of aliphatic hydroxyl groups excluding tert-OH is 2. The first-order chi connectivity index (χ1) is 14.4. The summed E-state index contributed by atoms with van der Waals surface area (Å²) in [4.78, 5) is 27.5. The van der Waals surface area contributed by atoms with Crippen LogP contribution in [0.1, 0.15) is 42.3 Å². The molecule has 0 bridgehead atoms. The Hall–Kier alpha value is -2.23. The second kappa shape index (κ2) is 6.63. The Balaban J connectivity index is 1.77. The van der Waals surface area contributed by atoms with Gasteiger partial charge in [0.05, 0.1) is 25.2 Å². The standard InChI is InChI=1S/C21H26FN3O5/c1-9-14-17(25(10-3-4-10)20(29)24-19(14)28)18(30-2)15(16(9)22)11-5-21(11)8-23-6-12(21)13(27)7-26/h10-13,23,26-27H,3-8H2,1-2H3,(H,24,28,29). The highest BCUT2D eigenvalue weighted by Gasteiger charge is 2.64. The summed E-state index contributed by atoms with van der Waals surface area (Å²) in [6.07, 6.45) is 1.38. The zero-order valence-electron chi connectivity index (χ0n) is 17.0. The van der Waals surface area contributed by atoms with Crippen molar-refractivity contribution in [3.8, 4) is 5.75 Å². The first-order valence-corrected chi connectivity index (χ1v) is 10.4. The van der Waals surface area contributed by atoms with Gasteiger partial charge >= 0.3 is 5.69 Å². The molecule has 1 spiro atoms. The molecule has 3 aliphatic rings. The lowest BCUT2D eigenvalue weighted by atomic mass is 9.83. The Morgan fingerprint density at radius 2 is 2.10 bits per heavy atom. The van der Waals surface area contributed by atoms with Crippen molar-refractivity contribution in [1.82, 2.24) is 14.9 Å². The Bertz CT molecular complexity index is 1150. The lowest BCUT2D eigenvalue weighted by Gasteiger charge is -2.25. The predicted octanol–water partition coefficient (Wildman–Crippen LogP) is 0.527. The highest BCUT2D eigenvalue weighted by Crippen LogP contribution is 2.67. The average Bonchev–Trinajstić information content (AvgIpc) is 3.61. The fraction of sp³-hybridized carbons (Fsp3) is 0.619. The predicted molar refractivity (Wildman–Crippen MR) is 108 cm³/mol. The minimum absolute atomic E-state index is 0.0336. The SMILES string of the molecule is COc1c(C2CC23CNCC3C(O)CO)c(F)c(C)c2c(=O)[nH]c(=O)n(C3CC3)c12. The van der Waals surface area contributed by atoms with E-state index in [1.807, 2.05) is 0 Å². The molecule has 2 aliphatic carbocycles. The molecule has 9 heteroatoms. The molecule has 5 rings (SSSR count). The summed E-state index contributed by atoms with van der Waals surface area (Å²) in [5, 5.41) is 23.2. The quantitative estimate of drug-likeness (QED) is 0.562. The van der Waals surface area contributed by atoms with E-state index < -0.39 is 23.2 Å². The molecule has 30 heavy (non-hydrogen) atoms. The number of benzene rings is 1. The van der Waals surface area contributed by atoms with E-state index in [2.05, 4.69) is 10.3 Å². The molecule has 3 fully saturated rings. The van der Waals surface area contributed by atoms with Gasteiger partial charge < -0.3 is 20.3 Å². The van der Waals surface area contributed by atoms with E-state index in [0.29, 0.717) is 30.6 Å². The van der Waals surface area contributed by atoms with Gasteiger partial charge in [-0.2, -0.15) is 0 Å². The number of aliphatic hydroxyl groups is 2. The molecular weight excluding hydrogens is 393 g/mol. The first-order valence-electron chi connectivity index (χ1n) is 10.4. The summed E-state index contributed by atoms with van der Waals surface area (Å²) in [5.74, 6) is -0.720. The fourth-order valence-electron chi connectivity index (χ4n) is 5.62. The summed E-state index contributed by atoms with van der Waals surface area (Å²) in [6.45, 7) is 2.35. The molecular formula is C21H26FN3O5. The van der Waals surface area contributed by atoms with E-state index in [1.165, 1.54) is 11.7 Å². The number of rotatable bonds is 5. The molecule has 4 N–H and O–H groups in total. The Kier molecular flexibility index (Phi) is 4.36. The normalized spacial score (nSPS) is 29.0. The second-order valence-electron chi connectivity index (χ2n) is 8.95. The number of methoxy groups -OCH3 is 1. The molecule has 4 unspecified atom stereocenters. The molecule has 8 nitrogen and oxygen atoms in total. The van der Waals surface area contributed by atoms with Crippen LogP contribution in [0, 0.1) is 24.1 Å². The highest BCUT2D eigenvalue weighted by atomic mass is 19.1. The second-order valence-corrected chi connectivity index (χ2v) is 8.95. The van der Waals surface area contributed by atoms with Crippen LogP contribution >= 0.6 is 0 Å². The lowest BCUT2D eigenvalue weighted by Crippen LogP contribution is -2.32. The number of hydrogen-bond acceptors (Lipinski definition) is 6. The molecule has 2 saturated carbocycles. The van der Waals surface area contributed by atoms with E-state index in [1.54, 1.807) is 6.92 Å². The van der Waals surface area contributed by atoms with Gasteiger partial charge in [-0.3, -0.25) is 14.3 Å². The van der Waals surface area contributed by atoms with Gasteiger partial charge in [0, 0.05) is 36.2 Å². The van der Waals surface area contributed by atoms with Crippen molar-refractivity contribution in [3.63, 3.8) is 0 Å². The number of aromatic nitrogens is 2. The van der Waals surface area contributed by atoms with Crippen molar-refractivity contribution in [3.05, 3.63) is 37.8 Å². The van der Waals surface area contributed by atoms with Gasteiger partial charge in [0.1, 0.15) is 17.1 Å². The third-order valence-electron chi connectivity index (χ3n) is 7.34. The van der Waals surface area contributed by atoms with E-state index in [0.717, 1.165) is 12.8 Å². The Labute approximate surface area is 171 Å². The van der Waals surface area contributed by atoms with E-state index in [9.17, 15) is 19.8 Å². The third kappa shape index (κ3) is 2.55. The van der Waals surface area contributed by atoms with Crippen LogP contribution in [0.5, 0.6) is 5.75 Å². The van der Waals surface area contributed by atoms with Gasteiger partial charge in [-0.25, -0.2) is 9.18 Å². The topological polar surface area (TPSA) is 117 Å². The van der Waals surface area contributed by atoms with Gasteiger partial charge in [-0.05, 0) is 37.5 Å². The van der Waals surface area contributed by atoms with Crippen molar-refractivity contribution >= 4 is 10.9 Å². The number of fused-ring (bicyclic) bond motifs is 1. The van der Waals surface area contributed by atoms with Gasteiger partial charge in [0.2, 0.25) is 0 Å². The van der Waals surface area contributed by atoms with Crippen LogP contribution in [0.4, 0.5) is 4.39 Å². The van der Waals surface area contributed by atoms with Crippen molar-refractivity contribution in [1.29, 1.82) is 0 Å². The summed E-state index contributed by atoms with van der Waals surface area (Å²) in [5.41, 5.74) is -0.594. The molecule has 0 radical (unpaired) electrons. The zero-order chi connectivity index (χ0) is 21.4. The number of hydrogen-bond donors (Lipinski definition) is 4. The molecule has 1 saturated heterocycles. The summed E-state index contributed by atoms with van der Waals surface area (Å²) >= 11 is 0. The van der Waals surface area contributed by atoms with Crippen molar-refractivity contribution in [2.45, 2.75) is 44.2 Å². The average molecular weight is 419 g/mol. The highest BCUT2D eigenvalue weighted by molar-refractivity contribution is 5.89. The molecule has 2 heterocycles. The maximum Gasteiger partial charge on any atom is 0.329 e. The molecule has 1 aromatic carbocycles. The fourth-order valence-corrected chi connectivity index (χ4v) is 5.62. The van der Waals surface area contributed by atoms with Crippen LogP contribution in [-0.2, 0) is 0 Å². The number of H-pyrrole nitrogens is 1. The summed E-state index contributed by atoms with van der Waals surface area (Å²) in [7, 11) is 1.43. The molecule has 4 atom stereocenters. The Morgan fingerprint density at radius 3 is 2.73 bits per heavy atom. The minimum atomic E-state index is -0.895. The maximum absolute atomic E-state index is 15.7. The number of nitrogens with zero attached hydrogens (tertiary/aromatic N) is 1. The van der Waals surface area contributed by atoms with Crippen molar-refractivity contribution in [2.24, 2.45) is 11.3 Å². The number of halogens is 1. The number of ether oxygens (including phenoxy) is 1. The van der Waals surface area contributed by atoms with E-state index in [4.69, 9.17) is 4.74 Å². The third-order valence-corrected chi connectivity index (χ3v) is 7.34. The molecule has 2 aromatic rings. The van der Waals surface area contributed by atoms with Crippen molar-refractivity contribution in [2.75, 3.05) is 26.8 Å². The molecule has 1 aliphatic heterocycles. The minimum Gasteiger partial charge on any atom is -0.494 e. The Morgan fingerprint density at radius 1 is 1.37 bits per heavy atom. The van der Waals surface area contributed by atoms with Crippen LogP contribution in [-0.4, -0.2) is 52.7 Å². The van der Waals surface area contributed by atoms with Crippen LogP contribution in [0.2, 0.25) is 0 Å². The van der Waals surface area contributed by atoms with Crippen LogP contribution in [0.3, 0.4) is 0 Å². The monoisotopic (exact) mass is 419 g/mol. The maximum atomic E-state index is 15.7. The van der Waals surface area contributed by atoms with E-state index >= 15 is 4.39 Å². The molecule has 162 valence electrons. The van der Waals surface area contributed by atoms with Crippen LogP contribution < -0.4 is 21.3 Å². The molecule has 1 aromatic heterocycles. The van der Waals surface area contributed by atoms with E-state index in [-0.39, 0.29) is 46.6 Å². The van der Waals surface area contributed by atoms with Crippen molar-refractivity contribution < 1.29 is 19.3 Å².